The van der Waals surface area contributed by atoms with Crippen molar-refractivity contribution >= 4 is 11.7 Å². The highest BCUT2D eigenvalue weighted by atomic mass is 16.5. The summed E-state index contributed by atoms with van der Waals surface area (Å²) in [6.07, 6.45) is 0.964. The van der Waals surface area contributed by atoms with Crippen molar-refractivity contribution in [1.29, 1.82) is 0 Å². The van der Waals surface area contributed by atoms with Gasteiger partial charge in [-0.2, -0.15) is 0 Å². The lowest BCUT2D eigenvalue weighted by Crippen LogP contribution is -2.45. The van der Waals surface area contributed by atoms with Gasteiger partial charge in [-0.1, -0.05) is 24.3 Å². The summed E-state index contributed by atoms with van der Waals surface area (Å²) < 4.78 is 5.27. The number of hydrogen-bond acceptors (Lipinski definition) is 4. The quantitative estimate of drug-likeness (QED) is 0.723. The van der Waals surface area contributed by atoms with Crippen LogP contribution in [0, 0.1) is 0 Å². The Labute approximate surface area is 167 Å². The Kier molecular flexibility index (Phi) is 7.28. The average Bonchev–Trinajstić information content (AvgIpc) is 2.73. The maximum absolute atomic E-state index is 12.1. The van der Waals surface area contributed by atoms with Crippen molar-refractivity contribution in [3.05, 3.63) is 48.5 Å². The van der Waals surface area contributed by atoms with E-state index in [0.717, 1.165) is 61.7 Å². The smallest absolute Gasteiger partial charge is 0.319 e. The molecule has 0 atom stereocenters. The minimum atomic E-state index is -0.160. The molecule has 0 radical (unpaired) electrons. The molecule has 0 unspecified atom stereocenters. The average molecular weight is 383 g/mol. The van der Waals surface area contributed by atoms with Crippen LogP contribution in [0.5, 0.6) is 5.75 Å². The van der Waals surface area contributed by atoms with Gasteiger partial charge in [0.1, 0.15) is 5.75 Å². The van der Waals surface area contributed by atoms with Crippen LogP contribution in [-0.4, -0.2) is 69.3 Å². The van der Waals surface area contributed by atoms with E-state index >= 15 is 0 Å². The monoisotopic (exact) mass is 382 g/mol. The number of methoxy groups -OCH3 is 1. The Hall–Kier alpha value is -2.57. The number of hydrogen-bond donors (Lipinski definition) is 2. The molecule has 0 aliphatic carbocycles. The second-order valence-corrected chi connectivity index (χ2v) is 7.19. The Morgan fingerprint density at radius 1 is 1.04 bits per heavy atom. The number of piperazine rings is 1. The van der Waals surface area contributed by atoms with Crippen LogP contribution in [0.25, 0.3) is 11.1 Å². The van der Waals surface area contributed by atoms with Gasteiger partial charge < -0.3 is 25.2 Å². The molecule has 6 nitrogen and oxygen atoms in total. The first-order valence-corrected chi connectivity index (χ1v) is 9.84. The second-order valence-electron chi connectivity index (χ2n) is 7.19. The maximum atomic E-state index is 12.1. The van der Waals surface area contributed by atoms with Gasteiger partial charge in [-0.3, -0.25) is 0 Å². The van der Waals surface area contributed by atoms with Gasteiger partial charge in [-0.05, 0) is 55.4 Å². The molecule has 2 aromatic rings. The van der Waals surface area contributed by atoms with Gasteiger partial charge in [0.25, 0.3) is 0 Å². The molecule has 1 fully saturated rings. The van der Waals surface area contributed by atoms with Crippen molar-refractivity contribution in [2.75, 3.05) is 58.7 Å². The number of carbonyl (C=O) groups excluding carboxylic acids is 1. The van der Waals surface area contributed by atoms with Gasteiger partial charge in [0.15, 0.2) is 0 Å². The molecule has 0 spiro atoms. The summed E-state index contributed by atoms with van der Waals surface area (Å²) in [4.78, 5) is 16.9. The lowest BCUT2D eigenvalue weighted by atomic mass is 10.1. The molecule has 2 N–H and O–H groups in total. The largest absolute Gasteiger partial charge is 0.497 e. The summed E-state index contributed by atoms with van der Waals surface area (Å²) in [7, 11) is 3.82. The van der Waals surface area contributed by atoms with Crippen molar-refractivity contribution in [1.82, 2.24) is 15.1 Å². The highest BCUT2D eigenvalue weighted by molar-refractivity contribution is 5.89. The van der Waals surface area contributed by atoms with E-state index in [-0.39, 0.29) is 6.03 Å². The predicted octanol–water partition coefficient (Wildman–Crippen LogP) is 3.12. The number of amides is 2. The molecule has 1 heterocycles. The predicted molar refractivity (Wildman–Crippen MR) is 114 cm³/mol. The third kappa shape index (κ3) is 5.97. The summed E-state index contributed by atoms with van der Waals surface area (Å²) in [5.41, 5.74) is 2.94. The van der Waals surface area contributed by atoms with Gasteiger partial charge in [0, 0.05) is 38.4 Å². The number of rotatable bonds is 7. The fourth-order valence-electron chi connectivity index (χ4n) is 3.30. The van der Waals surface area contributed by atoms with Gasteiger partial charge >= 0.3 is 6.03 Å². The highest BCUT2D eigenvalue weighted by Crippen LogP contribution is 2.25. The fraction of sp³-hybridized carbons (Fsp3) is 0.409. The zero-order chi connectivity index (χ0) is 19.8. The number of urea groups is 1. The maximum Gasteiger partial charge on any atom is 0.319 e. The van der Waals surface area contributed by atoms with Crippen LogP contribution in [0.4, 0.5) is 10.5 Å². The molecule has 0 bridgehead atoms. The molecule has 1 saturated heterocycles. The van der Waals surface area contributed by atoms with Gasteiger partial charge in [0.05, 0.1) is 7.11 Å². The SMILES string of the molecule is COc1cccc(-c2ccc(NC(=O)NCCCN3CCN(C)CC3)cc2)c1. The first kappa shape index (κ1) is 20.2. The summed E-state index contributed by atoms with van der Waals surface area (Å²) in [5.74, 6) is 0.829. The first-order chi connectivity index (χ1) is 13.6. The first-order valence-electron chi connectivity index (χ1n) is 9.84. The van der Waals surface area contributed by atoms with E-state index in [1.807, 2.05) is 48.5 Å². The van der Waals surface area contributed by atoms with Crippen LogP contribution in [0.15, 0.2) is 48.5 Å². The molecule has 6 heteroatoms. The molecule has 0 aromatic heterocycles. The molecular weight excluding hydrogens is 352 g/mol. The normalized spacial score (nSPS) is 15.2. The van der Waals surface area contributed by atoms with Gasteiger partial charge in [-0.25, -0.2) is 4.79 Å². The van der Waals surface area contributed by atoms with Crippen LogP contribution in [0.1, 0.15) is 6.42 Å². The van der Waals surface area contributed by atoms with E-state index < -0.39 is 0 Å². The Balaban J connectivity index is 1.40. The van der Waals surface area contributed by atoms with Crippen LogP contribution < -0.4 is 15.4 Å². The van der Waals surface area contributed by atoms with Crippen LogP contribution in [0.3, 0.4) is 0 Å². The number of nitrogens with one attached hydrogen (secondary N) is 2. The minimum Gasteiger partial charge on any atom is -0.497 e. The second kappa shape index (κ2) is 10.1. The van der Waals surface area contributed by atoms with E-state index in [4.69, 9.17) is 4.74 Å². The lowest BCUT2D eigenvalue weighted by molar-refractivity contribution is 0.153. The molecule has 0 saturated carbocycles. The molecule has 3 rings (SSSR count). The summed E-state index contributed by atoms with van der Waals surface area (Å²) >= 11 is 0. The van der Waals surface area contributed by atoms with E-state index in [0.29, 0.717) is 6.54 Å². The minimum absolute atomic E-state index is 0.160. The van der Waals surface area contributed by atoms with Crippen molar-refractivity contribution < 1.29 is 9.53 Å². The van der Waals surface area contributed by atoms with Gasteiger partial charge in [-0.15, -0.1) is 0 Å². The van der Waals surface area contributed by atoms with E-state index in [9.17, 15) is 4.79 Å². The summed E-state index contributed by atoms with van der Waals surface area (Å²) in [6, 6.07) is 15.6. The molecule has 1 aliphatic rings. The molecule has 1 aliphatic heterocycles. The summed E-state index contributed by atoms with van der Waals surface area (Å²) in [5, 5.41) is 5.83. The topological polar surface area (TPSA) is 56.8 Å². The Bertz CT molecular complexity index is 755. The number of anilines is 1. The molecule has 150 valence electrons. The van der Waals surface area contributed by atoms with E-state index in [1.165, 1.54) is 0 Å². The van der Waals surface area contributed by atoms with Crippen LogP contribution >= 0.6 is 0 Å². The highest BCUT2D eigenvalue weighted by Gasteiger charge is 2.12. The third-order valence-electron chi connectivity index (χ3n) is 5.08. The molecule has 2 amide bonds. The van der Waals surface area contributed by atoms with E-state index in [2.05, 4.69) is 27.5 Å². The van der Waals surface area contributed by atoms with Crippen molar-refractivity contribution in [2.45, 2.75) is 6.42 Å². The van der Waals surface area contributed by atoms with Crippen LogP contribution in [-0.2, 0) is 0 Å². The van der Waals surface area contributed by atoms with E-state index in [1.54, 1.807) is 7.11 Å². The third-order valence-corrected chi connectivity index (χ3v) is 5.08. The van der Waals surface area contributed by atoms with Crippen LogP contribution in [0.2, 0.25) is 0 Å². The number of likely N-dealkylation sites (N-methyl/N-ethyl adjacent to an activating group) is 1. The number of nitrogens with zero attached hydrogens (tertiary/aromatic N) is 2. The summed E-state index contributed by atoms with van der Waals surface area (Å²) in [6.45, 7) is 6.19. The molecular formula is C22H30N4O2. The van der Waals surface area contributed by atoms with Gasteiger partial charge in [0.2, 0.25) is 0 Å². The fourth-order valence-corrected chi connectivity index (χ4v) is 3.30. The Morgan fingerprint density at radius 2 is 1.79 bits per heavy atom. The number of ether oxygens (including phenoxy) is 1. The number of carbonyl (C=O) groups is 1. The molecule has 28 heavy (non-hydrogen) atoms. The molecule has 2 aromatic carbocycles. The standard InChI is InChI=1S/C22H30N4O2/c1-25-13-15-26(16-14-25)12-4-11-23-22(27)24-20-9-7-18(8-10-20)19-5-3-6-21(17-19)28-2/h3,5-10,17H,4,11-16H2,1-2H3,(H2,23,24,27). The van der Waals surface area contributed by atoms with Crippen molar-refractivity contribution in [3.63, 3.8) is 0 Å². The lowest BCUT2D eigenvalue weighted by Gasteiger charge is -2.32. The number of benzene rings is 2. The zero-order valence-corrected chi connectivity index (χ0v) is 16.8. The van der Waals surface area contributed by atoms with Crippen molar-refractivity contribution in [2.24, 2.45) is 0 Å². The zero-order valence-electron chi connectivity index (χ0n) is 16.8. The van der Waals surface area contributed by atoms with Crippen molar-refractivity contribution in [3.8, 4) is 16.9 Å². The Morgan fingerprint density at radius 3 is 2.50 bits per heavy atom.